The first-order valence-electron chi connectivity index (χ1n) is 5.45. The summed E-state index contributed by atoms with van der Waals surface area (Å²) in [6.45, 7) is 0. The Bertz CT molecular complexity index is 588. The van der Waals surface area contributed by atoms with Gasteiger partial charge in [-0.15, -0.1) is 24.5 Å². The van der Waals surface area contributed by atoms with Gasteiger partial charge in [-0.25, -0.2) is 5.43 Å². The first kappa shape index (κ1) is 15.3. The van der Waals surface area contributed by atoms with E-state index in [4.69, 9.17) is 5.84 Å². The third-order valence-electron chi connectivity index (χ3n) is 2.49. The molecule has 0 radical (unpaired) electrons. The molecule has 2 aromatic rings. The van der Waals surface area contributed by atoms with E-state index in [9.17, 15) is 13.2 Å². The van der Waals surface area contributed by atoms with Gasteiger partial charge >= 0.3 is 6.36 Å². The van der Waals surface area contributed by atoms with E-state index in [0.29, 0.717) is 5.56 Å². The highest BCUT2D eigenvalue weighted by molar-refractivity contribution is 9.10. The molecular formula is C12H10BrF3N2OS. The molecule has 0 aliphatic carbocycles. The number of hydrogen-bond acceptors (Lipinski definition) is 4. The highest BCUT2D eigenvalue weighted by atomic mass is 79.9. The third kappa shape index (κ3) is 3.72. The predicted molar refractivity (Wildman–Crippen MR) is 74.3 cm³/mol. The number of hydrazine groups is 1. The SMILES string of the molecule is NNC(c1cc(Br)cs1)c1ccccc1OC(F)(F)F. The number of halogens is 4. The molecule has 0 fully saturated rings. The van der Waals surface area contributed by atoms with Crippen molar-refractivity contribution in [2.24, 2.45) is 5.84 Å². The van der Waals surface area contributed by atoms with Gasteiger partial charge in [0.25, 0.3) is 0 Å². The van der Waals surface area contributed by atoms with Crippen LogP contribution in [-0.4, -0.2) is 6.36 Å². The molecule has 1 unspecified atom stereocenters. The predicted octanol–water partition coefficient (Wildman–Crippen LogP) is 3.96. The summed E-state index contributed by atoms with van der Waals surface area (Å²) in [6, 6.07) is 7.12. The summed E-state index contributed by atoms with van der Waals surface area (Å²) < 4.78 is 42.1. The van der Waals surface area contributed by atoms with Crippen molar-refractivity contribution in [3.63, 3.8) is 0 Å². The maximum atomic E-state index is 12.4. The number of ether oxygens (including phenoxy) is 1. The van der Waals surface area contributed by atoms with Crippen molar-refractivity contribution in [1.29, 1.82) is 0 Å². The third-order valence-corrected chi connectivity index (χ3v) is 4.25. The summed E-state index contributed by atoms with van der Waals surface area (Å²) >= 11 is 4.68. The van der Waals surface area contributed by atoms with Gasteiger partial charge in [-0.1, -0.05) is 18.2 Å². The molecule has 8 heteroatoms. The normalized spacial score (nSPS) is 13.2. The first-order chi connectivity index (χ1) is 9.40. The van der Waals surface area contributed by atoms with Crippen molar-refractivity contribution in [3.05, 3.63) is 50.6 Å². The van der Waals surface area contributed by atoms with E-state index in [2.05, 4.69) is 26.1 Å². The molecule has 20 heavy (non-hydrogen) atoms. The van der Waals surface area contributed by atoms with Gasteiger partial charge in [0, 0.05) is 20.3 Å². The van der Waals surface area contributed by atoms with Crippen LogP contribution in [0.3, 0.4) is 0 Å². The number of nitrogens with one attached hydrogen (secondary N) is 1. The number of alkyl halides is 3. The second kappa shape index (κ2) is 6.13. The minimum Gasteiger partial charge on any atom is -0.405 e. The van der Waals surface area contributed by atoms with Crippen LogP contribution in [0, 0.1) is 0 Å². The molecule has 0 saturated carbocycles. The van der Waals surface area contributed by atoms with Crippen LogP contribution in [0.2, 0.25) is 0 Å². The Hall–Kier alpha value is -1.09. The van der Waals surface area contributed by atoms with E-state index in [0.717, 1.165) is 9.35 Å². The van der Waals surface area contributed by atoms with E-state index >= 15 is 0 Å². The zero-order valence-electron chi connectivity index (χ0n) is 9.95. The van der Waals surface area contributed by atoms with Crippen molar-refractivity contribution < 1.29 is 17.9 Å². The number of benzene rings is 1. The minimum atomic E-state index is -4.74. The molecule has 0 aliphatic rings. The van der Waals surface area contributed by atoms with Crippen LogP contribution in [0.4, 0.5) is 13.2 Å². The largest absolute Gasteiger partial charge is 0.573 e. The van der Waals surface area contributed by atoms with Gasteiger partial charge in [-0.05, 0) is 28.1 Å². The highest BCUT2D eigenvalue weighted by Crippen LogP contribution is 2.36. The molecule has 1 aromatic heterocycles. The zero-order chi connectivity index (χ0) is 14.8. The van der Waals surface area contributed by atoms with Gasteiger partial charge in [0.15, 0.2) is 0 Å². The molecule has 108 valence electrons. The highest BCUT2D eigenvalue weighted by Gasteiger charge is 2.33. The number of para-hydroxylation sites is 1. The van der Waals surface area contributed by atoms with E-state index in [1.54, 1.807) is 18.2 Å². The summed E-state index contributed by atoms with van der Waals surface area (Å²) in [6.07, 6.45) is -4.74. The van der Waals surface area contributed by atoms with Crippen molar-refractivity contribution in [3.8, 4) is 5.75 Å². The Morgan fingerprint density at radius 3 is 2.55 bits per heavy atom. The second-order valence-corrected chi connectivity index (χ2v) is 5.71. The fraction of sp³-hybridized carbons (Fsp3) is 0.167. The zero-order valence-corrected chi connectivity index (χ0v) is 12.3. The maximum Gasteiger partial charge on any atom is 0.573 e. The lowest BCUT2D eigenvalue weighted by Crippen LogP contribution is -2.29. The minimum absolute atomic E-state index is 0.271. The van der Waals surface area contributed by atoms with Crippen LogP contribution in [0.5, 0.6) is 5.75 Å². The van der Waals surface area contributed by atoms with Crippen molar-refractivity contribution in [2.75, 3.05) is 0 Å². The summed E-state index contributed by atoms with van der Waals surface area (Å²) in [5.74, 6) is 5.21. The van der Waals surface area contributed by atoms with Crippen LogP contribution in [0.15, 0.2) is 40.2 Å². The molecular weight excluding hydrogens is 357 g/mol. The van der Waals surface area contributed by atoms with Gasteiger partial charge in [0.1, 0.15) is 5.75 Å². The molecule has 1 atom stereocenters. The van der Waals surface area contributed by atoms with Gasteiger partial charge in [0.2, 0.25) is 0 Å². The van der Waals surface area contributed by atoms with E-state index in [-0.39, 0.29) is 5.75 Å². The lowest BCUT2D eigenvalue weighted by Gasteiger charge is -2.19. The number of thiophene rings is 1. The van der Waals surface area contributed by atoms with Crippen LogP contribution in [0.1, 0.15) is 16.5 Å². The molecule has 1 aromatic carbocycles. The number of hydrogen-bond donors (Lipinski definition) is 2. The molecule has 0 spiro atoms. The smallest absolute Gasteiger partial charge is 0.405 e. The summed E-state index contributed by atoms with van der Waals surface area (Å²) in [7, 11) is 0. The standard InChI is InChI=1S/C12H10BrF3N2OS/c13-7-5-10(20-6-7)11(18-17)8-3-1-2-4-9(8)19-12(14,15)16/h1-6,11,18H,17H2. The molecule has 3 nitrogen and oxygen atoms in total. The fourth-order valence-electron chi connectivity index (χ4n) is 1.74. The van der Waals surface area contributed by atoms with Crippen LogP contribution >= 0.6 is 27.3 Å². The van der Waals surface area contributed by atoms with Crippen LogP contribution < -0.4 is 16.0 Å². The Labute approximate surface area is 125 Å². The number of rotatable bonds is 4. The molecule has 3 N–H and O–H groups in total. The molecule has 2 rings (SSSR count). The van der Waals surface area contributed by atoms with E-state index in [1.165, 1.54) is 23.5 Å². The molecule has 0 amide bonds. The van der Waals surface area contributed by atoms with Gasteiger partial charge in [-0.3, -0.25) is 5.84 Å². The second-order valence-electron chi connectivity index (χ2n) is 3.85. The molecule has 0 aliphatic heterocycles. The van der Waals surface area contributed by atoms with Gasteiger partial charge < -0.3 is 4.74 Å². The Morgan fingerprint density at radius 1 is 1.30 bits per heavy atom. The summed E-state index contributed by atoms with van der Waals surface area (Å²) in [5, 5.41) is 1.83. The topological polar surface area (TPSA) is 47.3 Å². The van der Waals surface area contributed by atoms with Crippen molar-refractivity contribution in [2.45, 2.75) is 12.4 Å². The Kier molecular flexibility index (Phi) is 4.69. The monoisotopic (exact) mass is 366 g/mol. The average molecular weight is 367 g/mol. The van der Waals surface area contributed by atoms with Crippen molar-refractivity contribution >= 4 is 27.3 Å². The molecule has 0 saturated heterocycles. The maximum absolute atomic E-state index is 12.4. The lowest BCUT2D eigenvalue weighted by molar-refractivity contribution is -0.275. The van der Waals surface area contributed by atoms with Gasteiger partial charge in [-0.2, -0.15) is 0 Å². The summed E-state index contributed by atoms with van der Waals surface area (Å²) in [4.78, 5) is 0.776. The fourth-order valence-corrected chi connectivity index (χ4v) is 3.26. The lowest BCUT2D eigenvalue weighted by atomic mass is 10.0. The molecule has 1 heterocycles. The number of nitrogens with two attached hydrogens (primary N) is 1. The van der Waals surface area contributed by atoms with E-state index in [1.807, 2.05) is 5.38 Å². The Balaban J connectivity index is 2.39. The molecule has 0 bridgehead atoms. The quantitative estimate of drug-likeness (QED) is 0.635. The average Bonchev–Trinajstić information content (AvgIpc) is 2.77. The van der Waals surface area contributed by atoms with Crippen LogP contribution in [-0.2, 0) is 0 Å². The first-order valence-corrected chi connectivity index (χ1v) is 7.12. The summed E-state index contributed by atoms with van der Waals surface area (Å²) in [5.41, 5.74) is 2.84. The van der Waals surface area contributed by atoms with Crippen LogP contribution in [0.25, 0.3) is 0 Å². The van der Waals surface area contributed by atoms with Gasteiger partial charge in [0.05, 0.1) is 6.04 Å². The van der Waals surface area contributed by atoms with Crippen molar-refractivity contribution in [1.82, 2.24) is 5.43 Å². The Morgan fingerprint density at radius 2 is 2.00 bits per heavy atom. The van der Waals surface area contributed by atoms with E-state index < -0.39 is 12.4 Å².